The molecule has 0 spiro atoms. The molecular weight excluding hydrogens is 232 g/mol. The quantitative estimate of drug-likeness (QED) is 0.816. The lowest BCUT2D eigenvalue weighted by molar-refractivity contribution is -0.130. The van der Waals surface area contributed by atoms with Gasteiger partial charge in [-0.2, -0.15) is 11.8 Å². The fourth-order valence-corrected chi connectivity index (χ4v) is 2.24. The number of hydrogen-bond donors (Lipinski definition) is 1. The lowest BCUT2D eigenvalue weighted by Gasteiger charge is -2.24. The van der Waals surface area contributed by atoms with Crippen LogP contribution in [0, 0.1) is 0 Å². The Balaban J connectivity index is 2.56. The minimum Gasteiger partial charge on any atom is -0.399 e. The first-order valence-corrected chi connectivity index (χ1v) is 7.03. The highest BCUT2D eigenvalue weighted by Crippen LogP contribution is 2.09. The number of thioether (sulfide) groups is 1. The molecule has 1 atom stereocenters. The van der Waals surface area contributed by atoms with Gasteiger partial charge in [0.1, 0.15) is 0 Å². The van der Waals surface area contributed by atoms with Crippen molar-refractivity contribution >= 4 is 23.4 Å². The molecule has 0 radical (unpaired) electrons. The molecule has 1 aromatic carbocycles. The molecule has 0 heterocycles. The Bertz CT molecular complexity index is 364. The van der Waals surface area contributed by atoms with Crippen molar-refractivity contribution in [2.45, 2.75) is 19.4 Å². The molecule has 0 aliphatic heterocycles. The smallest absolute Gasteiger partial charge is 0.226 e. The Kier molecular flexibility index (Phi) is 5.35. The summed E-state index contributed by atoms with van der Waals surface area (Å²) in [6.07, 6.45) is 2.49. The number of carbonyl (C=O) groups excluding carboxylic acids is 1. The van der Waals surface area contributed by atoms with Gasteiger partial charge in [0.2, 0.25) is 5.91 Å². The summed E-state index contributed by atoms with van der Waals surface area (Å²) in [5.74, 6) is 1.11. The van der Waals surface area contributed by atoms with E-state index >= 15 is 0 Å². The first-order chi connectivity index (χ1) is 8.04. The van der Waals surface area contributed by atoms with Crippen LogP contribution in [-0.2, 0) is 11.2 Å². The van der Waals surface area contributed by atoms with Crippen LogP contribution in [0.15, 0.2) is 24.3 Å². The molecule has 0 bridgehead atoms. The monoisotopic (exact) mass is 252 g/mol. The summed E-state index contributed by atoms with van der Waals surface area (Å²) in [6, 6.07) is 7.73. The van der Waals surface area contributed by atoms with Gasteiger partial charge in [-0.05, 0) is 30.9 Å². The first-order valence-electron chi connectivity index (χ1n) is 5.63. The number of carbonyl (C=O) groups is 1. The van der Waals surface area contributed by atoms with E-state index in [9.17, 15) is 4.79 Å². The molecule has 0 aromatic heterocycles. The highest BCUT2D eigenvalue weighted by atomic mass is 32.2. The zero-order chi connectivity index (χ0) is 12.8. The molecule has 1 amide bonds. The van der Waals surface area contributed by atoms with E-state index in [0.29, 0.717) is 6.42 Å². The maximum absolute atomic E-state index is 12.0. The number of anilines is 1. The highest BCUT2D eigenvalue weighted by molar-refractivity contribution is 7.98. The molecule has 1 rings (SSSR count). The van der Waals surface area contributed by atoms with Crippen molar-refractivity contribution in [2.75, 3.05) is 24.8 Å². The van der Waals surface area contributed by atoms with Crippen molar-refractivity contribution in [3.05, 3.63) is 29.8 Å². The van der Waals surface area contributed by atoms with Crippen LogP contribution in [0.25, 0.3) is 0 Å². The molecular formula is C13H20N2OS. The summed E-state index contributed by atoms with van der Waals surface area (Å²) >= 11 is 1.75. The molecule has 1 aromatic rings. The van der Waals surface area contributed by atoms with Gasteiger partial charge in [-0.1, -0.05) is 12.1 Å². The van der Waals surface area contributed by atoms with Crippen molar-refractivity contribution in [3.8, 4) is 0 Å². The maximum atomic E-state index is 12.0. The van der Waals surface area contributed by atoms with Gasteiger partial charge in [0.25, 0.3) is 0 Å². The van der Waals surface area contributed by atoms with Crippen molar-refractivity contribution in [1.29, 1.82) is 0 Å². The third-order valence-electron chi connectivity index (χ3n) is 2.80. The van der Waals surface area contributed by atoms with E-state index in [1.54, 1.807) is 11.8 Å². The van der Waals surface area contributed by atoms with Gasteiger partial charge in [-0.25, -0.2) is 0 Å². The van der Waals surface area contributed by atoms with E-state index < -0.39 is 0 Å². The number of amides is 1. The zero-order valence-electron chi connectivity index (χ0n) is 10.6. The molecule has 0 aliphatic carbocycles. The minimum absolute atomic E-state index is 0.149. The van der Waals surface area contributed by atoms with Crippen LogP contribution in [0.4, 0.5) is 5.69 Å². The summed E-state index contributed by atoms with van der Waals surface area (Å²) < 4.78 is 0. The summed E-state index contributed by atoms with van der Waals surface area (Å²) in [5, 5.41) is 0. The topological polar surface area (TPSA) is 46.3 Å². The number of nitrogens with zero attached hydrogens (tertiary/aromatic N) is 1. The molecule has 4 heteroatoms. The Labute approximate surface area is 107 Å². The van der Waals surface area contributed by atoms with Crippen molar-refractivity contribution in [1.82, 2.24) is 4.90 Å². The van der Waals surface area contributed by atoms with Gasteiger partial charge in [-0.15, -0.1) is 0 Å². The highest BCUT2D eigenvalue weighted by Gasteiger charge is 2.15. The Morgan fingerprint density at radius 3 is 2.53 bits per heavy atom. The van der Waals surface area contributed by atoms with Crippen molar-refractivity contribution < 1.29 is 4.79 Å². The van der Waals surface area contributed by atoms with E-state index in [-0.39, 0.29) is 11.9 Å². The standard InChI is InChI=1S/C13H20N2OS/c1-10(9-17-3)15(2)13(16)8-11-4-6-12(14)7-5-11/h4-7,10H,8-9,14H2,1-3H3. The minimum atomic E-state index is 0.149. The van der Waals surface area contributed by atoms with E-state index in [1.165, 1.54) is 0 Å². The summed E-state index contributed by atoms with van der Waals surface area (Å²) in [7, 11) is 1.86. The molecule has 0 aliphatic rings. The largest absolute Gasteiger partial charge is 0.399 e. The van der Waals surface area contributed by atoms with Gasteiger partial charge in [0, 0.05) is 24.5 Å². The van der Waals surface area contributed by atoms with E-state index in [0.717, 1.165) is 17.0 Å². The van der Waals surface area contributed by atoms with Crippen molar-refractivity contribution in [3.63, 3.8) is 0 Å². The van der Waals surface area contributed by atoms with Gasteiger partial charge < -0.3 is 10.6 Å². The Morgan fingerprint density at radius 1 is 1.41 bits per heavy atom. The SMILES string of the molecule is CSCC(C)N(C)C(=O)Cc1ccc(N)cc1. The van der Waals surface area contributed by atoms with Crippen LogP contribution in [0.5, 0.6) is 0 Å². The van der Waals surface area contributed by atoms with Gasteiger partial charge >= 0.3 is 0 Å². The van der Waals surface area contributed by atoms with Crippen LogP contribution in [0.1, 0.15) is 12.5 Å². The zero-order valence-corrected chi connectivity index (χ0v) is 11.5. The molecule has 17 heavy (non-hydrogen) atoms. The average molecular weight is 252 g/mol. The fourth-order valence-electron chi connectivity index (χ4n) is 1.53. The van der Waals surface area contributed by atoms with E-state index in [2.05, 4.69) is 13.2 Å². The second kappa shape index (κ2) is 6.55. The molecule has 3 nitrogen and oxygen atoms in total. The van der Waals surface area contributed by atoms with Crippen LogP contribution in [0.2, 0.25) is 0 Å². The molecule has 2 N–H and O–H groups in total. The fraction of sp³-hybridized carbons (Fsp3) is 0.462. The molecule has 1 unspecified atom stereocenters. The second-order valence-electron chi connectivity index (χ2n) is 4.23. The van der Waals surface area contributed by atoms with Gasteiger partial charge in [-0.3, -0.25) is 4.79 Å². The number of rotatable bonds is 5. The first kappa shape index (κ1) is 13.9. The number of likely N-dealkylation sites (N-methyl/N-ethyl adjacent to an activating group) is 1. The molecule has 0 saturated heterocycles. The Morgan fingerprint density at radius 2 is 2.00 bits per heavy atom. The molecule has 0 saturated carbocycles. The Hall–Kier alpha value is -1.16. The molecule has 94 valence electrons. The van der Waals surface area contributed by atoms with E-state index in [1.807, 2.05) is 36.2 Å². The number of benzene rings is 1. The lowest BCUT2D eigenvalue weighted by atomic mass is 10.1. The summed E-state index contributed by atoms with van der Waals surface area (Å²) in [4.78, 5) is 13.8. The van der Waals surface area contributed by atoms with Crippen LogP contribution < -0.4 is 5.73 Å². The number of hydrogen-bond acceptors (Lipinski definition) is 3. The van der Waals surface area contributed by atoms with Crippen molar-refractivity contribution in [2.24, 2.45) is 0 Å². The number of nitrogens with two attached hydrogens (primary N) is 1. The maximum Gasteiger partial charge on any atom is 0.226 e. The number of nitrogen functional groups attached to an aromatic ring is 1. The normalized spacial score (nSPS) is 12.2. The predicted octanol–water partition coefficient (Wildman–Crippen LogP) is 2.02. The van der Waals surface area contributed by atoms with Crippen LogP contribution in [-0.4, -0.2) is 35.9 Å². The average Bonchev–Trinajstić information content (AvgIpc) is 2.31. The second-order valence-corrected chi connectivity index (χ2v) is 5.14. The molecule has 0 fully saturated rings. The van der Waals surface area contributed by atoms with Crippen LogP contribution in [0.3, 0.4) is 0 Å². The predicted molar refractivity (Wildman–Crippen MR) is 75.2 cm³/mol. The van der Waals surface area contributed by atoms with Gasteiger partial charge in [0.15, 0.2) is 0 Å². The van der Waals surface area contributed by atoms with E-state index in [4.69, 9.17) is 5.73 Å². The summed E-state index contributed by atoms with van der Waals surface area (Å²) in [6.45, 7) is 2.07. The third-order valence-corrected chi connectivity index (χ3v) is 3.61. The van der Waals surface area contributed by atoms with Gasteiger partial charge in [0.05, 0.1) is 6.42 Å². The third kappa shape index (κ3) is 4.30. The van der Waals surface area contributed by atoms with Crippen LogP contribution >= 0.6 is 11.8 Å². The lowest BCUT2D eigenvalue weighted by Crippen LogP contribution is -2.37. The summed E-state index contributed by atoms with van der Waals surface area (Å²) in [5.41, 5.74) is 7.34.